The van der Waals surface area contributed by atoms with Crippen LogP contribution in [-0.4, -0.2) is 59.9 Å². The van der Waals surface area contributed by atoms with Crippen LogP contribution in [0.2, 0.25) is 0 Å². The zero-order valence-electron chi connectivity index (χ0n) is 16.9. The third kappa shape index (κ3) is 6.10. The van der Waals surface area contributed by atoms with Crippen molar-refractivity contribution >= 4 is 5.97 Å². The molecule has 0 aromatic heterocycles. The Bertz CT molecular complexity index is 768. The average molecular weight is 416 g/mol. The first-order chi connectivity index (χ1) is 14.6. The molecule has 3 rings (SSSR count). The van der Waals surface area contributed by atoms with Crippen LogP contribution in [0.4, 0.5) is 0 Å². The van der Waals surface area contributed by atoms with E-state index >= 15 is 0 Å². The number of carbonyl (C=O) groups is 1. The largest absolute Gasteiger partial charge is 0.457 e. The summed E-state index contributed by atoms with van der Waals surface area (Å²) in [6, 6.07) is 19.1. The summed E-state index contributed by atoms with van der Waals surface area (Å²) in [5, 5.41) is 20.7. The Morgan fingerprint density at radius 2 is 1.53 bits per heavy atom. The van der Waals surface area contributed by atoms with E-state index in [1.54, 1.807) is 0 Å². The van der Waals surface area contributed by atoms with Gasteiger partial charge in [0.1, 0.15) is 24.4 Å². The van der Waals surface area contributed by atoms with Gasteiger partial charge >= 0.3 is 5.97 Å². The molecule has 7 heteroatoms. The smallest absolute Gasteiger partial charge is 0.303 e. The zero-order valence-corrected chi connectivity index (χ0v) is 16.9. The maximum Gasteiger partial charge on any atom is 0.303 e. The molecule has 30 heavy (non-hydrogen) atoms. The Hall–Kier alpha value is -2.29. The molecule has 0 amide bonds. The predicted molar refractivity (Wildman–Crippen MR) is 108 cm³/mol. The Kier molecular flexibility index (Phi) is 8.36. The number of carbonyl (C=O) groups excluding carboxylic acids is 1. The van der Waals surface area contributed by atoms with Crippen LogP contribution in [0.1, 0.15) is 18.1 Å². The van der Waals surface area contributed by atoms with E-state index < -0.39 is 36.5 Å². The molecule has 2 N–H and O–H groups in total. The molecule has 0 saturated carbocycles. The van der Waals surface area contributed by atoms with E-state index in [4.69, 9.17) is 18.9 Å². The number of benzene rings is 2. The molecule has 1 aliphatic heterocycles. The molecule has 5 atom stereocenters. The van der Waals surface area contributed by atoms with E-state index in [1.165, 1.54) is 6.92 Å². The van der Waals surface area contributed by atoms with Crippen LogP contribution < -0.4 is 0 Å². The third-order valence-electron chi connectivity index (χ3n) is 4.92. The normalized spacial score (nSPS) is 26.3. The summed E-state index contributed by atoms with van der Waals surface area (Å²) >= 11 is 0. The van der Waals surface area contributed by atoms with Gasteiger partial charge in [0, 0.05) is 6.92 Å². The lowest BCUT2D eigenvalue weighted by Crippen LogP contribution is -2.61. The Morgan fingerprint density at radius 1 is 0.933 bits per heavy atom. The number of hydrogen-bond acceptors (Lipinski definition) is 7. The topological polar surface area (TPSA) is 94.5 Å². The zero-order chi connectivity index (χ0) is 21.3. The minimum Gasteiger partial charge on any atom is -0.457 e. The summed E-state index contributed by atoms with van der Waals surface area (Å²) in [7, 11) is 0. The first-order valence-corrected chi connectivity index (χ1v) is 9.97. The number of esters is 1. The molecule has 0 spiro atoms. The predicted octanol–water partition coefficient (Wildman–Crippen LogP) is 1.84. The van der Waals surface area contributed by atoms with Crippen molar-refractivity contribution in [3.05, 3.63) is 71.8 Å². The molecule has 162 valence electrons. The molecule has 1 saturated heterocycles. The summed E-state index contributed by atoms with van der Waals surface area (Å²) in [6.45, 7) is 1.58. The second-order valence-electron chi connectivity index (χ2n) is 7.22. The molecule has 1 heterocycles. The van der Waals surface area contributed by atoms with Gasteiger partial charge < -0.3 is 29.2 Å². The maximum atomic E-state index is 11.7. The maximum absolute atomic E-state index is 11.7. The highest BCUT2D eigenvalue weighted by atomic mass is 16.6. The molecule has 1 fully saturated rings. The van der Waals surface area contributed by atoms with Crippen molar-refractivity contribution in [2.75, 3.05) is 13.2 Å². The van der Waals surface area contributed by atoms with Crippen LogP contribution in [0.3, 0.4) is 0 Å². The molecule has 7 nitrogen and oxygen atoms in total. The van der Waals surface area contributed by atoms with Crippen LogP contribution in [0.15, 0.2) is 60.7 Å². The SMILES string of the molecule is CC(=O)OC1C(OCc2ccccc2)[C@@H](CO)O[C@H](COCc2ccccc2)[C@H]1O. The molecule has 0 bridgehead atoms. The van der Waals surface area contributed by atoms with Crippen LogP contribution in [0.5, 0.6) is 0 Å². The lowest BCUT2D eigenvalue weighted by Gasteiger charge is -2.43. The molecule has 1 aliphatic rings. The average Bonchev–Trinajstić information content (AvgIpc) is 2.76. The quantitative estimate of drug-likeness (QED) is 0.603. The Balaban J connectivity index is 1.65. The van der Waals surface area contributed by atoms with Crippen molar-refractivity contribution in [3.63, 3.8) is 0 Å². The summed E-state index contributed by atoms with van der Waals surface area (Å²) in [5.41, 5.74) is 1.90. The van der Waals surface area contributed by atoms with E-state index in [0.717, 1.165) is 11.1 Å². The first kappa shape index (κ1) is 22.4. The van der Waals surface area contributed by atoms with E-state index in [0.29, 0.717) is 6.61 Å². The van der Waals surface area contributed by atoms with Gasteiger partial charge in [0.25, 0.3) is 0 Å². The van der Waals surface area contributed by atoms with Gasteiger partial charge in [-0.15, -0.1) is 0 Å². The third-order valence-corrected chi connectivity index (χ3v) is 4.92. The van der Waals surface area contributed by atoms with Gasteiger partial charge in [0.2, 0.25) is 0 Å². The van der Waals surface area contributed by atoms with Gasteiger partial charge in [0.15, 0.2) is 6.10 Å². The highest BCUT2D eigenvalue weighted by Crippen LogP contribution is 2.27. The molecule has 2 aromatic rings. The van der Waals surface area contributed by atoms with Crippen LogP contribution in [0, 0.1) is 0 Å². The summed E-state index contributed by atoms with van der Waals surface area (Å²) < 4.78 is 22.8. The van der Waals surface area contributed by atoms with Gasteiger partial charge in [-0.3, -0.25) is 4.79 Å². The fourth-order valence-electron chi connectivity index (χ4n) is 3.45. The summed E-state index contributed by atoms with van der Waals surface area (Å²) in [6.07, 6.45) is -4.51. The fourth-order valence-corrected chi connectivity index (χ4v) is 3.45. The number of aliphatic hydroxyl groups is 2. The number of rotatable bonds is 9. The highest BCUT2D eigenvalue weighted by Gasteiger charge is 2.47. The van der Waals surface area contributed by atoms with Gasteiger partial charge in [-0.05, 0) is 11.1 Å². The van der Waals surface area contributed by atoms with Crippen molar-refractivity contribution in [1.82, 2.24) is 0 Å². The molecule has 2 unspecified atom stereocenters. The Labute approximate surface area is 176 Å². The van der Waals surface area contributed by atoms with Gasteiger partial charge in [0.05, 0.1) is 26.4 Å². The van der Waals surface area contributed by atoms with Crippen molar-refractivity contribution in [1.29, 1.82) is 0 Å². The van der Waals surface area contributed by atoms with Crippen molar-refractivity contribution in [2.24, 2.45) is 0 Å². The van der Waals surface area contributed by atoms with E-state index in [2.05, 4.69) is 0 Å². The number of hydrogen-bond donors (Lipinski definition) is 2. The van der Waals surface area contributed by atoms with Crippen molar-refractivity contribution in [3.8, 4) is 0 Å². The van der Waals surface area contributed by atoms with Gasteiger partial charge in [-0.25, -0.2) is 0 Å². The lowest BCUT2D eigenvalue weighted by molar-refractivity contribution is -0.259. The highest BCUT2D eigenvalue weighted by molar-refractivity contribution is 5.66. The van der Waals surface area contributed by atoms with Crippen molar-refractivity contribution in [2.45, 2.75) is 50.7 Å². The van der Waals surface area contributed by atoms with Gasteiger partial charge in [-0.1, -0.05) is 60.7 Å². The van der Waals surface area contributed by atoms with E-state index in [9.17, 15) is 15.0 Å². The number of ether oxygens (including phenoxy) is 4. The Morgan fingerprint density at radius 3 is 2.10 bits per heavy atom. The lowest BCUT2D eigenvalue weighted by atomic mass is 9.94. The molecule has 0 aliphatic carbocycles. The standard InChI is InChI=1S/C23H28O7/c1-16(25)29-23-21(26)20(15-27-13-17-8-4-2-5-9-17)30-19(12-24)22(23)28-14-18-10-6-3-7-11-18/h2-11,19-24,26H,12-15H2,1H3/t19-,20-,21-,22?,23?/m1/s1. The van der Waals surface area contributed by atoms with E-state index in [-0.39, 0.29) is 19.8 Å². The monoisotopic (exact) mass is 416 g/mol. The molecule has 0 radical (unpaired) electrons. The minimum atomic E-state index is -1.16. The van der Waals surface area contributed by atoms with Crippen molar-refractivity contribution < 1.29 is 34.0 Å². The second kappa shape index (κ2) is 11.2. The van der Waals surface area contributed by atoms with Gasteiger partial charge in [-0.2, -0.15) is 0 Å². The summed E-state index contributed by atoms with van der Waals surface area (Å²) in [4.78, 5) is 11.7. The molecule has 2 aromatic carbocycles. The van der Waals surface area contributed by atoms with Crippen LogP contribution in [-0.2, 0) is 37.0 Å². The van der Waals surface area contributed by atoms with E-state index in [1.807, 2.05) is 60.7 Å². The van der Waals surface area contributed by atoms with Crippen LogP contribution in [0.25, 0.3) is 0 Å². The summed E-state index contributed by atoms with van der Waals surface area (Å²) in [5.74, 6) is -0.546. The minimum absolute atomic E-state index is 0.0791. The van der Waals surface area contributed by atoms with Crippen LogP contribution >= 0.6 is 0 Å². The second-order valence-corrected chi connectivity index (χ2v) is 7.22. The fraction of sp³-hybridized carbons (Fsp3) is 0.435. The molecular weight excluding hydrogens is 388 g/mol. The number of aliphatic hydroxyl groups excluding tert-OH is 2. The molecular formula is C23H28O7. The first-order valence-electron chi connectivity index (χ1n) is 9.97.